The third-order valence-electron chi connectivity index (χ3n) is 3.04. The summed E-state index contributed by atoms with van der Waals surface area (Å²) in [6.07, 6.45) is 2.20. The van der Waals surface area contributed by atoms with Gasteiger partial charge in [-0.3, -0.25) is 0 Å². The van der Waals surface area contributed by atoms with Gasteiger partial charge < -0.3 is 10.1 Å². The van der Waals surface area contributed by atoms with E-state index in [0.29, 0.717) is 5.56 Å². The summed E-state index contributed by atoms with van der Waals surface area (Å²) in [5.41, 5.74) is 1.68. The molecule has 0 amide bonds. The van der Waals surface area contributed by atoms with Crippen molar-refractivity contribution in [2.24, 2.45) is 0 Å². The Labute approximate surface area is 89.4 Å². The second kappa shape index (κ2) is 4.19. The molecule has 3 heteroatoms. The molecule has 1 aliphatic heterocycles. The van der Waals surface area contributed by atoms with E-state index >= 15 is 0 Å². The van der Waals surface area contributed by atoms with Crippen LogP contribution in [-0.2, 0) is 0 Å². The van der Waals surface area contributed by atoms with Crippen LogP contribution in [0.4, 0.5) is 4.39 Å². The van der Waals surface area contributed by atoms with Crippen LogP contribution >= 0.6 is 0 Å². The van der Waals surface area contributed by atoms with E-state index in [9.17, 15) is 4.39 Å². The summed E-state index contributed by atoms with van der Waals surface area (Å²) < 4.78 is 18.8. The first kappa shape index (κ1) is 10.4. The zero-order valence-corrected chi connectivity index (χ0v) is 9.14. The standard InChI is InChI=1S/C12H16FNO/c1-8-9(13)5-6-11(15-2)12(8)10-4-3-7-14-10/h5-6,10,14H,3-4,7H2,1-2H3. The topological polar surface area (TPSA) is 21.3 Å². The van der Waals surface area contributed by atoms with Crippen LogP contribution in [0.25, 0.3) is 0 Å². The summed E-state index contributed by atoms with van der Waals surface area (Å²) in [6.45, 7) is 2.82. The zero-order chi connectivity index (χ0) is 10.8. The molecular weight excluding hydrogens is 193 g/mol. The molecule has 2 nitrogen and oxygen atoms in total. The summed E-state index contributed by atoms with van der Waals surface area (Å²) in [6, 6.07) is 3.42. The number of halogens is 1. The zero-order valence-electron chi connectivity index (χ0n) is 9.14. The summed E-state index contributed by atoms with van der Waals surface area (Å²) >= 11 is 0. The van der Waals surface area contributed by atoms with Gasteiger partial charge in [-0.1, -0.05) is 0 Å². The minimum atomic E-state index is -0.153. The van der Waals surface area contributed by atoms with Crippen LogP contribution in [0.2, 0.25) is 0 Å². The smallest absolute Gasteiger partial charge is 0.126 e. The quantitative estimate of drug-likeness (QED) is 0.808. The Hall–Kier alpha value is -1.09. The first-order chi connectivity index (χ1) is 7.24. The molecule has 15 heavy (non-hydrogen) atoms. The Balaban J connectivity index is 2.45. The first-order valence-electron chi connectivity index (χ1n) is 5.30. The molecule has 1 aromatic carbocycles. The van der Waals surface area contributed by atoms with Crippen molar-refractivity contribution in [1.29, 1.82) is 0 Å². The maximum atomic E-state index is 13.5. The van der Waals surface area contributed by atoms with Crippen molar-refractivity contribution >= 4 is 0 Å². The molecule has 1 saturated heterocycles. The van der Waals surface area contributed by atoms with Crippen LogP contribution in [0.5, 0.6) is 5.75 Å². The molecule has 1 N–H and O–H groups in total. The van der Waals surface area contributed by atoms with Gasteiger partial charge in [-0.05, 0) is 44.0 Å². The van der Waals surface area contributed by atoms with Gasteiger partial charge in [-0.2, -0.15) is 0 Å². The van der Waals surface area contributed by atoms with E-state index in [0.717, 1.165) is 30.7 Å². The van der Waals surface area contributed by atoms with Gasteiger partial charge in [0, 0.05) is 11.6 Å². The highest BCUT2D eigenvalue weighted by Gasteiger charge is 2.23. The van der Waals surface area contributed by atoms with E-state index in [1.165, 1.54) is 6.07 Å². The Kier molecular flexibility index (Phi) is 2.91. The van der Waals surface area contributed by atoms with Gasteiger partial charge in [0.2, 0.25) is 0 Å². The molecule has 1 heterocycles. The van der Waals surface area contributed by atoms with Crippen molar-refractivity contribution in [2.45, 2.75) is 25.8 Å². The van der Waals surface area contributed by atoms with E-state index < -0.39 is 0 Å². The van der Waals surface area contributed by atoms with Gasteiger partial charge in [0.1, 0.15) is 11.6 Å². The highest BCUT2D eigenvalue weighted by atomic mass is 19.1. The third kappa shape index (κ3) is 1.84. The lowest BCUT2D eigenvalue weighted by atomic mass is 9.98. The molecule has 1 aromatic rings. The summed E-state index contributed by atoms with van der Waals surface area (Å²) in [7, 11) is 1.63. The van der Waals surface area contributed by atoms with Crippen LogP contribution < -0.4 is 10.1 Å². The molecule has 0 aromatic heterocycles. The van der Waals surface area contributed by atoms with Crippen molar-refractivity contribution in [3.8, 4) is 5.75 Å². The molecule has 82 valence electrons. The van der Waals surface area contributed by atoms with Gasteiger partial charge in [0.15, 0.2) is 0 Å². The Bertz CT molecular complexity index is 359. The van der Waals surface area contributed by atoms with Gasteiger partial charge >= 0.3 is 0 Å². The lowest BCUT2D eigenvalue weighted by Gasteiger charge is -2.18. The highest BCUT2D eigenvalue weighted by Crippen LogP contribution is 2.34. The largest absolute Gasteiger partial charge is 0.496 e. The van der Waals surface area contributed by atoms with Crippen molar-refractivity contribution in [3.05, 3.63) is 29.1 Å². The predicted molar refractivity (Wildman–Crippen MR) is 57.7 cm³/mol. The highest BCUT2D eigenvalue weighted by molar-refractivity contribution is 5.43. The van der Waals surface area contributed by atoms with Crippen molar-refractivity contribution in [1.82, 2.24) is 5.32 Å². The van der Waals surface area contributed by atoms with Crippen molar-refractivity contribution in [3.63, 3.8) is 0 Å². The van der Waals surface area contributed by atoms with Gasteiger partial charge in [0.25, 0.3) is 0 Å². The maximum Gasteiger partial charge on any atom is 0.126 e. The van der Waals surface area contributed by atoms with Crippen molar-refractivity contribution in [2.75, 3.05) is 13.7 Å². The SMILES string of the molecule is COc1ccc(F)c(C)c1C1CCCN1. The molecule has 0 saturated carbocycles. The lowest BCUT2D eigenvalue weighted by molar-refractivity contribution is 0.400. The molecule has 0 aliphatic carbocycles. The second-order valence-electron chi connectivity index (χ2n) is 3.94. The average Bonchev–Trinajstić information content (AvgIpc) is 2.75. The van der Waals surface area contributed by atoms with Gasteiger partial charge in [-0.25, -0.2) is 4.39 Å². The number of hydrogen-bond donors (Lipinski definition) is 1. The number of methoxy groups -OCH3 is 1. The molecule has 2 rings (SSSR count). The van der Waals surface area contributed by atoms with Crippen LogP contribution in [0.1, 0.15) is 30.0 Å². The second-order valence-corrected chi connectivity index (χ2v) is 3.94. The molecule has 0 bridgehead atoms. The number of ether oxygens (including phenoxy) is 1. The molecular formula is C12H16FNO. The van der Waals surface area contributed by atoms with Gasteiger partial charge in [-0.15, -0.1) is 0 Å². The predicted octanol–water partition coefficient (Wildman–Crippen LogP) is 2.57. The molecule has 1 atom stereocenters. The van der Waals surface area contributed by atoms with Crippen LogP contribution in [0.3, 0.4) is 0 Å². The summed E-state index contributed by atoms with van der Waals surface area (Å²) in [4.78, 5) is 0. The lowest BCUT2D eigenvalue weighted by Crippen LogP contribution is -2.15. The van der Waals surface area contributed by atoms with Crippen LogP contribution in [0.15, 0.2) is 12.1 Å². The van der Waals surface area contributed by atoms with Crippen LogP contribution in [-0.4, -0.2) is 13.7 Å². The Morgan fingerprint density at radius 1 is 1.47 bits per heavy atom. The van der Waals surface area contributed by atoms with Gasteiger partial charge in [0.05, 0.1) is 7.11 Å². The fraction of sp³-hybridized carbons (Fsp3) is 0.500. The average molecular weight is 209 g/mol. The molecule has 0 radical (unpaired) electrons. The summed E-state index contributed by atoms with van der Waals surface area (Å²) in [5.74, 6) is 0.632. The fourth-order valence-electron chi connectivity index (χ4n) is 2.22. The minimum absolute atomic E-state index is 0.153. The van der Waals surface area contributed by atoms with E-state index in [2.05, 4.69) is 5.32 Å². The molecule has 1 unspecified atom stereocenters. The number of hydrogen-bond acceptors (Lipinski definition) is 2. The van der Waals surface area contributed by atoms with Crippen molar-refractivity contribution < 1.29 is 9.13 Å². The number of nitrogens with one attached hydrogen (secondary N) is 1. The van der Waals surface area contributed by atoms with E-state index in [1.807, 2.05) is 6.92 Å². The van der Waals surface area contributed by atoms with E-state index in [4.69, 9.17) is 4.74 Å². The first-order valence-corrected chi connectivity index (χ1v) is 5.30. The fourth-order valence-corrected chi connectivity index (χ4v) is 2.22. The molecule has 0 spiro atoms. The Morgan fingerprint density at radius 3 is 2.87 bits per heavy atom. The normalized spacial score (nSPS) is 20.6. The minimum Gasteiger partial charge on any atom is -0.496 e. The number of rotatable bonds is 2. The molecule has 1 aliphatic rings. The van der Waals surface area contributed by atoms with E-state index in [1.54, 1.807) is 13.2 Å². The maximum absolute atomic E-state index is 13.5. The summed E-state index contributed by atoms with van der Waals surface area (Å²) in [5, 5.41) is 3.37. The number of benzene rings is 1. The Morgan fingerprint density at radius 2 is 2.27 bits per heavy atom. The molecule has 1 fully saturated rings. The van der Waals surface area contributed by atoms with E-state index in [-0.39, 0.29) is 11.9 Å². The third-order valence-corrected chi connectivity index (χ3v) is 3.04. The monoisotopic (exact) mass is 209 g/mol. The van der Waals surface area contributed by atoms with Crippen LogP contribution in [0, 0.1) is 12.7 Å².